The molecule has 0 saturated carbocycles. The molecule has 4 nitrogen and oxygen atoms in total. The first-order valence-corrected chi connectivity index (χ1v) is 6.42. The Balaban J connectivity index is 2.20. The highest BCUT2D eigenvalue weighted by Gasteiger charge is 2.18. The molecule has 0 radical (unpaired) electrons. The van der Waals surface area contributed by atoms with Crippen molar-refractivity contribution in [2.75, 3.05) is 18.0 Å². The summed E-state index contributed by atoms with van der Waals surface area (Å²) in [6.45, 7) is 8.31. The minimum Gasteiger partial charge on any atom is -0.356 e. The summed E-state index contributed by atoms with van der Waals surface area (Å²) in [4.78, 5) is 11.5. The summed E-state index contributed by atoms with van der Waals surface area (Å²) in [6.07, 6.45) is 2.11. The third-order valence-electron chi connectivity index (χ3n) is 3.24. The number of anilines is 1. The second-order valence-electron chi connectivity index (χ2n) is 5.20. The molecule has 0 atom stereocenters. The van der Waals surface area contributed by atoms with Gasteiger partial charge in [-0.3, -0.25) is 0 Å². The van der Waals surface area contributed by atoms with E-state index in [1.54, 1.807) is 0 Å². The number of aromatic nitrogens is 2. The molecule has 0 spiro atoms. The van der Waals surface area contributed by atoms with Crippen LogP contribution in [0.4, 0.5) is 5.82 Å². The van der Waals surface area contributed by atoms with Crippen molar-refractivity contribution in [2.24, 2.45) is 5.73 Å². The van der Waals surface area contributed by atoms with E-state index >= 15 is 0 Å². The Hall–Kier alpha value is -1.16. The maximum absolute atomic E-state index is 5.92. The molecule has 1 aromatic rings. The molecule has 0 aromatic carbocycles. The van der Waals surface area contributed by atoms with Crippen LogP contribution >= 0.6 is 0 Å². The molecule has 1 aromatic heterocycles. The first-order chi connectivity index (χ1) is 8.06. The molecule has 1 fully saturated rings. The van der Waals surface area contributed by atoms with Crippen molar-refractivity contribution < 1.29 is 0 Å². The molecule has 0 amide bonds. The van der Waals surface area contributed by atoms with Crippen molar-refractivity contribution >= 4 is 5.82 Å². The zero-order valence-corrected chi connectivity index (χ0v) is 11.0. The van der Waals surface area contributed by atoms with Gasteiger partial charge in [-0.05, 0) is 19.8 Å². The molecule has 94 valence electrons. The van der Waals surface area contributed by atoms with Crippen LogP contribution in [0.1, 0.15) is 44.1 Å². The SMILES string of the molecule is Cc1cc(N2CCC(N)CC2)nc(C(C)C)n1. The molecule has 1 aliphatic heterocycles. The van der Waals surface area contributed by atoms with Crippen LogP contribution in [0.15, 0.2) is 6.07 Å². The molecule has 0 unspecified atom stereocenters. The predicted molar refractivity (Wildman–Crippen MR) is 70.3 cm³/mol. The van der Waals surface area contributed by atoms with Crippen molar-refractivity contribution in [3.8, 4) is 0 Å². The fraction of sp³-hybridized carbons (Fsp3) is 0.692. The Morgan fingerprint density at radius 1 is 1.29 bits per heavy atom. The second-order valence-corrected chi connectivity index (χ2v) is 5.20. The molecule has 17 heavy (non-hydrogen) atoms. The van der Waals surface area contributed by atoms with Crippen molar-refractivity contribution in [2.45, 2.75) is 45.6 Å². The maximum atomic E-state index is 5.92. The van der Waals surface area contributed by atoms with E-state index in [2.05, 4.69) is 34.8 Å². The molecule has 1 aliphatic rings. The highest BCUT2D eigenvalue weighted by Crippen LogP contribution is 2.20. The summed E-state index contributed by atoms with van der Waals surface area (Å²) in [5.74, 6) is 2.38. The van der Waals surface area contributed by atoms with Crippen molar-refractivity contribution in [1.82, 2.24) is 9.97 Å². The van der Waals surface area contributed by atoms with Gasteiger partial charge in [-0.25, -0.2) is 9.97 Å². The number of piperidine rings is 1. The van der Waals surface area contributed by atoms with Crippen LogP contribution in [0.25, 0.3) is 0 Å². The van der Waals surface area contributed by atoms with Gasteiger partial charge < -0.3 is 10.6 Å². The van der Waals surface area contributed by atoms with Crippen LogP contribution < -0.4 is 10.6 Å². The Morgan fingerprint density at radius 2 is 1.94 bits per heavy atom. The van der Waals surface area contributed by atoms with Crippen LogP contribution in [-0.2, 0) is 0 Å². The zero-order chi connectivity index (χ0) is 12.4. The molecule has 2 heterocycles. The maximum Gasteiger partial charge on any atom is 0.133 e. The number of nitrogens with zero attached hydrogens (tertiary/aromatic N) is 3. The van der Waals surface area contributed by atoms with Gasteiger partial charge in [-0.1, -0.05) is 13.8 Å². The second kappa shape index (κ2) is 5.00. The zero-order valence-electron chi connectivity index (χ0n) is 11.0. The fourth-order valence-electron chi connectivity index (χ4n) is 2.12. The third kappa shape index (κ3) is 2.94. The van der Waals surface area contributed by atoms with Gasteiger partial charge in [-0.2, -0.15) is 0 Å². The van der Waals surface area contributed by atoms with Gasteiger partial charge in [0, 0.05) is 36.8 Å². The molecular formula is C13H22N4. The topological polar surface area (TPSA) is 55.0 Å². The lowest BCUT2D eigenvalue weighted by Crippen LogP contribution is -2.40. The number of hydrogen-bond acceptors (Lipinski definition) is 4. The Morgan fingerprint density at radius 3 is 2.53 bits per heavy atom. The fourth-order valence-corrected chi connectivity index (χ4v) is 2.12. The van der Waals surface area contributed by atoms with Gasteiger partial charge in [0.1, 0.15) is 11.6 Å². The van der Waals surface area contributed by atoms with E-state index in [4.69, 9.17) is 5.73 Å². The summed E-state index contributed by atoms with van der Waals surface area (Å²) in [5, 5.41) is 0. The normalized spacial score (nSPS) is 17.8. The van der Waals surface area contributed by atoms with E-state index in [9.17, 15) is 0 Å². The van der Waals surface area contributed by atoms with Crippen LogP contribution in [0.3, 0.4) is 0 Å². The average Bonchev–Trinajstić information content (AvgIpc) is 2.29. The van der Waals surface area contributed by atoms with E-state index in [1.165, 1.54) is 0 Å². The summed E-state index contributed by atoms with van der Waals surface area (Å²) < 4.78 is 0. The standard InChI is InChI=1S/C13H22N4/c1-9(2)13-15-10(3)8-12(16-13)17-6-4-11(14)5-7-17/h8-9,11H,4-7,14H2,1-3H3. The molecular weight excluding hydrogens is 212 g/mol. The van der Waals surface area contributed by atoms with Gasteiger partial charge in [0.05, 0.1) is 0 Å². The summed E-state index contributed by atoms with van der Waals surface area (Å²) in [5.41, 5.74) is 6.97. The van der Waals surface area contributed by atoms with Crippen molar-refractivity contribution in [3.63, 3.8) is 0 Å². The van der Waals surface area contributed by atoms with E-state index in [-0.39, 0.29) is 0 Å². The van der Waals surface area contributed by atoms with Crippen molar-refractivity contribution in [3.05, 3.63) is 17.6 Å². The minimum atomic E-state index is 0.360. The monoisotopic (exact) mass is 234 g/mol. The highest BCUT2D eigenvalue weighted by molar-refractivity contribution is 5.40. The predicted octanol–water partition coefficient (Wildman–Crippen LogP) is 1.84. The number of rotatable bonds is 2. The van der Waals surface area contributed by atoms with Crippen LogP contribution in [0.5, 0.6) is 0 Å². The lowest BCUT2D eigenvalue weighted by atomic mass is 10.1. The lowest BCUT2D eigenvalue weighted by molar-refractivity contribution is 0.497. The van der Waals surface area contributed by atoms with Gasteiger partial charge in [-0.15, -0.1) is 0 Å². The quantitative estimate of drug-likeness (QED) is 0.848. The Bertz CT molecular complexity index is 381. The van der Waals surface area contributed by atoms with E-state index in [0.29, 0.717) is 12.0 Å². The molecule has 0 aliphatic carbocycles. The lowest BCUT2D eigenvalue weighted by Gasteiger charge is -2.31. The largest absolute Gasteiger partial charge is 0.356 e. The summed E-state index contributed by atoms with van der Waals surface area (Å²) >= 11 is 0. The van der Waals surface area contributed by atoms with Gasteiger partial charge in [0.2, 0.25) is 0 Å². The molecule has 1 saturated heterocycles. The molecule has 0 bridgehead atoms. The average molecular weight is 234 g/mol. The van der Waals surface area contributed by atoms with Crippen LogP contribution in [-0.4, -0.2) is 29.1 Å². The van der Waals surface area contributed by atoms with E-state index in [0.717, 1.165) is 43.3 Å². The number of aryl methyl sites for hydroxylation is 1. The smallest absolute Gasteiger partial charge is 0.133 e. The van der Waals surface area contributed by atoms with Crippen LogP contribution in [0.2, 0.25) is 0 Å². The number of nitrogens with two attached hydrogens (primary N) is 1. The van der Waals surface area contributed by atoms with Crippen molar-refractivity contribution in [1.29, 1.82) is 0 Å². The van der Waals surface area contributed by atoms with Gasteiger partial charge >= 0.3 is 0 Å². The third-order valence-corrected chi connectivity index (χ3v) is 3.24. The van der Waals surface area contributed by atoms with E-state index in [1.807, 2.05) is 6.92 Å². The highest BCUT2D eigenvalue weighted by atomic mass is 15.2. The van der Waals surface area contributed by atoms with Gasteiger partial charge in [0.25, 0.3) is 0 Å². The first kappa shape index (κ1) is 12.3. The van der Waals surface area contributed by atoms with E-state index < -0.39 is 0 Å². The molecule has 2 rings (SSSR count). The van der Waals surface area contributed by atoms with Gasteiger partial charge in [0.15, 0.2) is 0 Å². The summed E-state index contributed by atoms with van der Waals surface area (Å²) in [7, 11) is 0. The number of hydrogen-bond donors (Lipinski definition) is 1. The summed E-state index contributed by atoms with van der Waals surface area (Å²) in [6, 6.07) is 2.43. The molecule has 2 N–H and O–H groups in total. The molecule has 4 heteroatoms. The Kier molecular flexibility index (Phi) is 3.62. The minimum absolute atomic E-state index is 0.360. The first-order valence-electron chi connectivity index (χ1n) is 6.42. The Labute approximate surface area is 103 Å². The van der Waals surface area contributed by atoms with Crippen LogP contribution in [0, 0.1) is 6.92 Å².